The first-order valence-electron chi connectivity index (χ1n) is 7.68. The van der Waals surface area contributed by atoms with Crippen LogP contribution in [0.5, 0.6) is 0 Å². The summed E-state index contributed by atoms with van der Waals surface area (Å²) in [6.07, 6.45) is 15.5. The molecule has 17 heavy (non-hydrogen) atoms. The van der Waals surface area contributed by atoms with Crippen LogP contribution in [0, 0.1) is 0 Å². The predicted octanol–water partition coefficient (Wildman–Crippen LogP) is 4.08. The van der Waals surface area contributed by atoms with Gasteiger partial charge in [0.1, 0.15) is 0 Å². The Morgan fingerprint density at radius 3 is 1.41 bits per heavy atom. The van der Waals surface area contributed by atoms with Crippen LogP contribution in [0.2, 0.25) is 0 Å². The second-order valence-corrected chi connectivity index (χ2v) is 5.62. The van der Waals surface area contributed by atoms with Gasteiger partial charge in [-0.2, -0.15) is 0 Å². The molecular weight excluding hydrogens is 212 g/mol. The van der Waals surface area contributed by atoms with Gasteiger partial charge < -0.3 is 9.47 Å². The van der Waals surface area contributed by atoms with Crippen molar-refractivity contribution in [2.24, 2.45) is 0 Å². The van der Waals surface area contributed by atoms with Crippen molar-refractivity contribution in [2.45, 2.75) is 82.8 Å². The lowest BCUT2D eigenvalue weighted by atomic mass is 10.2. The van der Waals surface area contributed by atoms with Crippen LogP contribution in [0.25, 0.3) is 0 Å². The average Bonchev–Trinajstić information content (AvgIpc) is 3.00. The highest BCUT2D eigenvalue weighted by atomic mass is 16.5. The van der Waals surface area contributed by atoms with E-state index in [0.717, 1.165) is 13.2 Å². The molecule has 0 atom stereocenters. The molecule has 0 N–H and O–H groups in total. The molecule has 0 aliphatic heterocycles. The number of ether oxygens (including phenoxy) is 2. The summed E-state index contributed by atoms with van der Waals surface area (Å²) in [5.74, 6) is 0. The molecule has 0 radical (unpaired) electrons. The van der Waals surface area contributed by atoms with Gasteiger partial charge in [0.15, 0.2) is 0 Å². The quantitative estimate of drug-likeness (QED) is 0.595. The highest BCUT2D eigenvalue weighted by molar-refractivity contribution is 4.67. The summed E-state index contributed by atoms with van der Waals surface area (Å²) in [6, 6.07) is 0. The first-order chi connectivity index (χ1) is 8.45. The maximum atomic E-state index is 5.84. The fourth-order valence-corrected chi connectivity index (χ4v) is 2.99. The van der Waals surface area contributed by atoms with Crippen LogP contribution in [0.15, 0.2) is 0 Å². The largest absolute Gasteiger partial charge is 0.378 e. The van der Waals surface area contributed by atoms with Crippen molar-refractivity contribution in [3.8, 4) is 0 Å². The van der Waals surface area contributed by atoms with Crippen molar-refractivity contribution in [3.63, 3.8) is 0 Å². The predicted molar refractivity (Wildman–Crippen MR) is 70.3 cm³/mol. The molecule has 0 heterocycles. The lowest BCUT2D eigenvalue weighted by Gasteiger charge is -2.12. The average molecular weight is 240 g/mol. The highest BCUT2D eigenvalue weighted by Gasteiger charge is 2.15. The van der Waals surface area contributed by atoms with E-state index in [4.69, 9.17) is 9.47 Å². The van der Waals surface area contributed by atoms with Crippen molar-refractivity contribution in [2.75, 3.05) is 13.2 Å². The van der Waals surface area contributed by atoms with Gasteiger partial charge in [0.05, 0.1) is 12.2 Å². The lowest BCUT2D eigenvalue weighted by Crippen LogP contribution is -2.10. The van der Waals surface area contributed by atoms with E-state index in [1.807, 2.05) is 0 Å². The standard InChI is InChI=1S/C15H28O2/c1(6-12-16-14-8-2-3-9-14)7-13-17-15-10-4-5-11-15/h14-15H,1-13H2. The van der Waals surface area contributed by atoms with Crippen LogP contribution < -0.4 is 0 Å². The van der Waals surface area contributed by atoms with Gasteiger partial charge in [-0.05, 0) is 44.9 Å². The highest BCUT2D eigenvalue weighted by Crippen LogP contribution is 2.22. The van der Waals surface area contributed by atoms with Gasteiger partial charge in [-0.3, -0.25) is 0 Å². The summed E-state index contributed by atoms with van der Waals surface area (Å²) >= 11 is 0. The van der Waals surface area contributed by atoms with Crippen LogP contribution in [0.4, 0.5) is 0 Å². The molecule has 100 valence electrons. The Bertz CT molecular complexity index is 161. The number of rotatable bonds is 8. The minimum atomic E-state index is 0.588. The summed E-state index contributed by atoms with van der Waals surface area (Å²) in [5, 5.41) is 0. The molecule has 2 nitrogen and oxygen atoms in total. The molecular formula is C15H28O2. The zero-order valence-electron chi connectivity index (χ0n) is 11.2. The van der Waals surface area contributed by atoms with Crippen LogP contribution >= 0.6 is 0 Å². The first kappa shape index (κ1) is 13.4. The third-order valence-corrected chi connectivity index (χ3v) is 4.10. The van der Waals surface area contributed by atoms with Gasteiger partial charge in [-0.25, -0.2) is 0 Å². The summed E-state index contributed by atoms with van der Waals surface area (Å²) in [7, 11) is 0. The second-order valence-electron chi connectivity index (χ2n) is 5.62. The Balaban J connectivity index is 1.33. The Labute approximate surface area is 106 Å². The van der Waals surface area contributed by atoms with Gasteiger partial charge in [0, 0.05) is 13.2 Å². The normalized spacial score (nSPS) is 22.6. The van der Waals surface area contributed by atoms with Crippen LogP contribution in [0.1, 0.15) is 70.6 Å². The monoisotopic (exact) mass is 240 g/mol. The molecule has 0 aromatic carbocycles. The van der Waals surface area contributed by atoms with Crippen LogP contribution in [-0.4, -0.2) is 25.4 Å². The topological polar surface area (TPSA) is 18.5 Å². The van der Waals surface area contributed by atoms with E-state index in [9.17, 15) is 0 Å². The summed E-state index contributed by atoms with van der Waals surface area (Å²) in [5.41, 5.74) is 0. The van der Waals surface area contributed by atoms with Gasteiger partial charge >= 0.3 is 0 Å². The lowest BCUT2D eigenvalue weighted by molar-refractivity contribution is 0.0443. The molecule has 2 heteroatoms. The molecule has 2 saturated carbocycles. The summed E-state index contributed by atoms with van der Waals surface area (Å²) in [6.45, 7) is 1.93. The molecule has 0 aromatic heterocycles. The van der Waals surface area contributed by atoms with Crippen molar-refractivity contribution in [3.05, 3.63) is 0 Å². The Kier molecular flexibility index (Phi) is 6.36. The number of hydrogen-bond donors (Lipinski definition) is 0. The number of unbranched alkanes of at least 4 members (excludes halogenated alkanes) is 2. The molecule has 2 aliphatic carbocycles. The van der Waals surface area contributed by atoms with E-state index in [2.05, 4.69) is 0 Å². The van der Waals surface area contributed by atoms with E-state index in [-0.39, 0.29) is 0 Å². The fourth-order valence-electron chi connectivity index (χ4n) is 2.99. The Morgan fingerprint density at radius 1 is 0.588 bits per heavy atom. The smallest absolute Gasteiger partial charge is 0.0575 e. The molecule has 2 rings (SSSR count). The molecule has 0 bridgehead atoms. The fraction of sp³-hybridized carbons (Fsp3) is 1.00. The maximum Gasteiger partial charge on any atom is 0.0575 e. The maximum absolute atomic E-state index is 5.84. The third kappa shape index (κ3) is 5.39. The van der Waals surface area contributed by atoms with E-state index < -0.39 is 0 Å². The summed E-state index contributed by atoms with van der Waals surface area (Å²) < 4.78 is 11.7. The van der Waals surface area contributed by atoms with Gasteiger partial charge in [0.2, 0.25) is 0 Å². The molecule has 0 aromatic rings. The van der Waals surface area contributed by atoms with E-state index in [1.165, 1.54) is 70.6 Å². The molecule has 2 fully saturated rings. The van der Waals surface area contributed by atoms with Crippen molar-refractivity contribution >= 4 is 0 Å². The van der Waals surface area contributed by atoms with Gasteiger partial charge in [-0.1, -0.05) is 25.7 Å². The Hall–Kier alpha value is -0.0800. The van der Waals surface area contributed by atoms with E-state index in [1.54, 1.807) is 0 Å². The van der Waals surface area contributed by atoms with E-state index >= 15 is 0 Å². The molecule has 2 aliphatic rings. The molecule has 0 unspecified atom stereocenters. The van der Waals surface area contributed by atoms with Gasteiger partial charge in [0.25, 0.3) is 0 Å². The molecule has 0 spiro atoms. The number of hydrogen-bond acceptors (Lipinski definition) is 2. The molecule has 0 saturated heterocycles. The van der Waals surface area contributed by atoms with Crippen LogP contribution in [-0.2, 0) is 9.47 Å². The molecule has 0 amide bonds. The van der Waals surface area contributed by atoms with Crippen molar-refractivity contribution < 1.29 is 9.47 Å². The third-order valence-electron chi connectivity index (χ3n) is 4.10. The van der Waals surface area contributed by atoms with E-state index in [0.29, 0.717) is 12.2 Å². The minimum absolute atomic E-state index is 0.588. The SMILES string of the molecule is C(CCOC1CCCC1)CCOC1CCCC1. The van der Waals surface area contributed by atoms with Crippen LogP contribution in [0.3, 0.4) is 0 Å². The summed E-state index contributed by atoms with van der Waals surface area (Å²) in [4.78, 5) is 0. The first-order valence-corrected chi connectivity index (χ1v) is 7.68. The van der Waals surface area contributed by atoms with Crippen molar-refractivity contribution in [1.29, 1.82) is 0 Å². The second kappa shape index (κ2) is 8.10. The zero-order valence-corrected chi connectivity index (χ0v) is 11.2. The minimum Gasteiger partial charge on any atom is -0.378 e. The Morgan fingerprint density at radius 2 is 1.00 bits per heavy atom. The van der Waals surface area contributed by atoms with Crippen molar-refractivity contribution in [1.82, 2.24) is 0 Å². The zero-order chi connectivity index (χ0) is 11.8. The van der Waals surface area contributed by atoms with Gasteiger partial charge in [-0.15, -0.1) is 0 Å².